The van der Waals surface area contributed by atoms with Gasteiger partial charge in [0.2, 0.25) is 17.7 Å². The molecular formula is C38H53N3O7. The van der Waals surface area contributed by atoms with E-state index in [2.05, 4.69) is 18.5 Å². The van der Waals surface area contributed by atoms with E-state index in [0.29, 0.717) is 31.4 Å². The number of rotatable bonds is 15. The fourth-order valence-corrected chi connectivity index (χ4v) is 8.66. The van der Waals surface area contributed by atoms with Crippen LogP contribution in [0.4, 0.5) is 0 Å². The van der Waals surface area contributed by atoms with Crippen LogP contribution in [0.15, 0.2) is 55.6 Å². The summed E-state index contributed by atoms with van der Waals surface area (Å²) in [5.41, 5.74) is -0.507. The summed E-state index contributed by atoms with van der Waals surface area (Å²) in [5.74, 6) is -3.35. The van der Waals surface area contributed by atoms with E-state index in [1.807, 2.05) is 49.1 Å². The highest BCUT2D eigenvalue weighted by atomic mass is 16.6. The van der Waals surface area contributed by atoms with Crippen molar-refractivity contribution in [2.75, 3.05) is 13.2 Å². The van der Waals surface area contributed by atoms with Crippen molar-refractivity contribution in [2.24, 2.45) is 17.8 Å². The Kier molecular flexibility index (Phi) is 11.5. The standard InChI is InChI=1S/C38H53N3O7/c1-6-8-19-30(43)39-25(5)33(26-15-11-9-12-16-26)47-37(46)31-29-20-21-38(48-29)32(31)35(44)41(28(23-42)24(3)4)34(38)36(45)40(22-7-2)27-17-13-10-14-18-27/h6-7,9,11-12,15-16,24-25,27-29,31-34,42H,1-2,8,10,13-14,17-23H2,3-5H3,(H,39,43)/t25-,28-,29-,31+,32+,33-,34-,38+/m0/s1. The van der Waals surface area contributed by atoms with Crippen molar-refractivity contribution >= 4 is 23.7 Å². The van der Waals surface area contributed by atoms with Crippen molar-refractivity contribution in [3.8, 4) is 0 Å². The van der Waals surface area contributed by atoms with Crippen LogP contribution in [0.1, 0.15) is 90.2 Å². The summed E-state index contributed by atoms with van der Waals surface area (Å²) in [6.45, 7) is 13.3. The molecule has 0 unspecified atom stereocenters. The molecule has 262 valence electrons. The van der Waals surface area contributed by atoms with E-state index >= 15 is 0 Å². The van der Waals surface area contributed by atoms with Gasteiger partial charge in [-0.1, -0.05) is 75.6 Å². The molecule has 1 aromatic carbocycles. The van der Waals surface area contributed by atoms with Gasteiger partial charge in [-0.3, -0.25) is 19.2 Å². The van der Waals surface area contributed by atoms with Gasteiger partial charge in [0.15, 0.2) is 0 Å². The topological polar surface area (TPSA) is 125 Å². The first-order valence-corrected chi connectivity index (χ1v) is 17.8. The van der Waals surface area contributed by atoms with Crippen LogP contribution in [-0.4, -0.2) is 87.6 Å². The highest BCUT2D eigenvalue weighted by Gasteiger charge is 2.76. The van der Waals surface area contributed by atoms with Crippen molar-refractivity contribution in [1.29, 1.82) is 0 Å². The van der Waals surface area contributed by atoms with Crippen LogP contribution in [0.3, 0.4) is 0 Å². The second-order valence-corrected chi connectivity index (χ2v) is 14.3. The van der Waals surface area contributed by atoms with Gasteiger partial charge in [-0.15, -0.1) is 13.2 Å². The van der Waals surface area contributed by atoms with Crippen LogP contribution in [0.25, 0.3) is 0 Å². The fraction of sp³-hybridized carbons (Fsp3) is 0.632. The molecule has 1 aliphatic carbocycles. The maximum Gasteiger partial charge on any atom is 0.313 e. The lowest BCUT2D eigenvalue weighted by Gasteiger charge is -2.43. The van der Waals surface area contributed by atoms with Crippen LogP contribution >= 0.6 is 0 Å². The zero-order valence-corrected chi connectivity index (χ0v) is 28.7. The lowest BCUT2D eigenvalue weighted by molar-refractivity contribution is -0.163. The quantitative estimate of drug-likeness (QED) is 0.209. The second-order valence-electron chi connectivity index (χ2n) is 14.3. The molecule has 3 amide bonds. The normalized spacial score (nSPS) is 28.4. The molecule has 10 nitrogen and oxygen atoms in total. The fourth-order valence-electron chi connectivity index (χ4n) is 8.66. The molecule has 3 heterocycles. The molecule has 48 heavy (non-hydrogen) atoms. The van der Waals surface area contributed by atoms with Gasteiger partial charge in [0.05, 0.1) is 36.6 Å². The number of hydrogen-bond acceptors (Lipinski definition) is 7. The maximum atomic E-state index is 14.8. The molecule has 0 radical (unpaired) electrons. The van der Waals surface area contributed by atoms with Gasteiger partial charge in [-0.05, 0) is 50.5 Å². The average molecular weight is 664 g/mol. The third-order valence-electron chi connectivity index (χ3n) is 11.0. The Morgan fingerprint density at radius 1 is 1.10 bits per heavy atom. The lowest BCUT2D eigenvalue weighted by Crippen LogP contribution is -2.61. The van der Waals surface area contributed by atoms with Gasteiger partial charge in [-0.25, -0.2) is 0 Å². The molecule has 3 aliphatic heterocycles. The molecule has 0 aromatic heterocycles. The molecule has 4 aliphatic rings. The Morgan fingerprint density at radius 3 is 2.44 bits per heavy atom. The average Bonchev–Trinajstić information content (AvgIpc) is 3.73. The summed E-state index contributed by atoms with van der Waals surface area (Å²) in [7, 11) is 0. The van der Waals surface area contributed by atoms with Crippen LogP contribution < -0.4 is 5.32 Å². The number of nitrogens with one attached hydrogen (secondary N) is 1. The van der Waals surface area contributed by atoms with E-state index in [-0.39, 0.29) is 42.7 Å². The summed E-state index contributed by atoms with van der Waals surface area (Å²) < 4.78 is 13.0. The molecular weight excluding hydrogens is 610 g/mol. The minimum Gasteiger partial charge on any atom is -0.455 e. The number of carbonyl (C=O) groups is 4. The smallest absolute Gasteiger partial charge is 0.313 e. The Labute approximate surface area is 284 Å². The predicted octanol–water partition coefficient (Wildman–Crippen LogP) is 4.48. The number of ether oxygens (including phenoxy) is 2. The highest BCUT2D eigenvalue weighted by molar-refractivity contribution is 5.98. The van der Waals surface area contributed by atoms with Gasteiger partial charge in [0.1, 0.15) is 17.7 Å². The number of allylic oxidation sites excluding steroid dienone is 1. The van der Waals surface area contributed by atoms with Crippen molar-refractivity contribution in [3.63, 3.8) is 0 Å². The summed E-state index contributed by atoms with van der Waals surface area (Å²) in [6.07, 6.45) is 8.67. The van der Waals surface area contributed by atoms with Crippen LogP contribution in [0.2, 0.25) is 0 Å². The third kappa shape index (κ3) is 6.70. The minimum absolute atomic E-state index is 0.0254. The molecule has 1 spiro atoms. The number of aliphatic hydroxyl groups is 1. The Morgan fingerprint density at radius 2 is 1.81 bits per heavy atom. The number of benzene rings is 1. The van der Waals surface area contributed by atoms with Crippen LogP contribution in [0, 0.1) is 17.8 Å². The zero-order valence-electron chi connectivity index (χ0n) is 28.7. The van der Waals surface area contributed by atoms with E-state index < -0.39 is 53.7 Å². The highest BCUT2D eigenvalue weighted by Crippen LogP contribution is 2.59. The molecule has 2 N–H and O–H groups in total. The van der Waals surface area contributed by atoms with Crippen LogP contribution in [-0.2, 0) is 28.7 Å². The minimum atomic E-state index is -1.22. The second kappa shape index (κ2) is 15.4. The lowest BCUT2D eigenvalue weighted by atomic mass is 9.70. The molecule has 8 atom stereocenters. The van der Waals surface area contributed by atoms with Crippen molar-refractivity contribution < 1.29 is 33.8 Å². The summed E-state index contributed by atoms with van der Waals surface area (Å²) in [6, 6.07) is 7.08. The maximum absolute atomic E-state index is 14.8. The largest absolute Gasteiger partial charge is 0.455 e. The predicted molar refractivity (Wildman–Crippen MR) is 181 cm³/mol. The molecule has 1 aromatic rings. The van der Waals surface area contributed by atoms with Gasteiger partial charge < -0.3 is 29.7 Å². The van der Waals surface area contributed by atoms with Gasteiger partial charge in [0.25, 0.3) is 0 Å². The van der Waals surface area contributed by atoms with E-state index in [9.17, 15) is 24.3 Å². The van der Waals surface area contributed by atoms with Gasteiger partial charge in [0, 0.05) is 19.0 Å². The van der Waals surface area contributed by atoms with E-state index in [1.165, 1.54) is 0 Å². The SMILES string of the molecule is C=CCCC(=O)N[C@@H](C)[C@H](OC(=O)[C@@H]1[C@@H]2CC[C@]3(O2)[C@H](C(=O)N(CC=C)C2CCCCC2)N([C@@H](CO)C(C)C)C(=O)[C@@H]13)c1ccccc1. The van der Waals surface area contributed by atoms with E-state index in [0.717, 1.165) is 32.1 Å². The van der Waals surface area contributed by atoms with Crippen molar-refractivity contribution in [3.05, 3.63) is 61.2 Å². The Bertz CT molecular complexity index is 1340. The summed E-state index contributed by atoms with van der Waals surface area (Å²) >= 11 is 0. The molecule has 10 heteroatoms. The van der Waals surface area contributed by atoms with Crippen molar-refractivity contribution in [2.45, 2.75) is 121 Å². The number of likely N-dealkylation sites (tertiary alicyclic amines) is 1. The Hall–Kier alpha value is -3.50. The number of esters is 1. The third-order valence-corrected chi connectivity index (χ3v) is 11.0. The number of fused-ring (bicyclic) bond motifs is 1. The summed E-state index contributed by atoms with van der Waals surface area (Å²) in [5, 5.41) is 13.6. The monoisotopic (exact) mass is 663 g/mol. The molecule has 4 fully saturated rings. The first-order valence-electron chi connectivity index (χ1n) is 17.8. The number of nitrogens with zero attached hydrogens (tertiary/aromatic N) is 2. The number of aliphatic hydroxyl groups excluding tert-OH is 1. The van der Waals surface area contributed by atoms with E-state index in [1.54, 1.807) is 24.0 Å². The molecule has 2 bridgehead atoms. The summed E-state index contributed by atoms with van der Waals surface area (Å²) in [4.78, 5) is 59.9. The van der Waals surface area contributed by atoms with Gasteiger partial charge in [-0.2, -0.15) is 0 Å². The van der Waals surface area contributed by atoms with E-state index in [4.69, 9.17) is 9.47 Å². The van der Waals surface area contributed by atoms with Gasteiger partial charge >= 0.3 is 5.97 Å². The first kappa shape index (κ1) is 35.8. The van der Waals surface area contributed by atoms with Crippen molar-refractivity contribution in [1.82, 2.24) is 15.1 Å². The number of carbonyl (C=O) groups excluding carboxylic acids is 4. The molecule has 5 rings (SSSR count). The molecule has 1 saturated carbocycles. The number of hydrogen-bond donors (Lipinski definition) is 2. The first-order chi connectivity index (χ1) is 23.1. The van der Waals surface area contributed by atoms with Crippen LogP contribution in [0.5, 0.6) is 0 Å². The Balaban J connectivity index is 1.49. The number of amides is 3. The zero-order chi connectivity index (χ0) is 34.6. The molecule has 3 saturated heterocycles.